The van der Waals surface area contributed by atoms with Gasteiger partial charge in [0.2, 0.25) is 0 Å². The number of hydrazine groups is 1. The summed E-state index contributed by atoms with van der Waals surface area (Å²) >= 11 is 5.09. The Labute approximate surface area is 192 Å². The Morgan fingerprint density at radius 2 is 1.53 bits per heavy atom. The summed E-state index contributed by atoms with van der Waals surface area (Å²) in [7, 11) is 0. The first-order valence-corrected chi connectivity index (χ1v) is 10.6. The van der Waals surface area contributed by atoms with E-state index >= 15 is 0 Å². The van der Waals surface area contributed by atoms with Crippen molar-refractivity contribution in [1.29, 1.82) is 0 Å². The minimum atomic E-state index is -0.785. The van der Waals surface area contributed by atoms with E-state index in [2.05, 4.69) is 16.2 Å². The molecule has 0 saturated heterocycles. The van der Waals surface area contributed by atoms with Crippen LogP contribution in [-0.4, -0.2) is 29.1 Å². The molecule has 3 N–H and O–H groups in total. The molecule has 1 unspecified atom stereocenters. The Kier molecular flexibility index (Phi) is 7.62. The van der Waals surface area contributed by atoms with E-state index in [0.717, 1.165) is 10.8 Å². The Balaban J connectivity index is 1.49. The quantitative estimate of drug-likeness (QED) is 0.391. The van der Waals surface area contributed by atoms with Crippen molar-refractivity contribution in [2.24, 2.45) is 0 Å². The molecule has 3 aromatic rings. The van der Waals surface area contributed by atoms with E-state index in [1.807, 2.05) is 56.3 Å². The fraction of sp³-hybridized carbons (Fsp3) is 0.208. The maximum Gasteiger partial charge on any atom is 0.279 e. The maximum absolute atomic E-state index is 12.4. The van der Waals surface area contributed by atoms with Gasteiger partial charge in [0.15, 0.2) is 11.2 Å². The molecule has 7 nitrogen and oxygen atoms in total. The predicted octanol–water partition coefficient (Wildman–Crippen LogP) is 3.73. The monoisotopic (exact) mass is 451 g/mol. The van der Waals surface area contributed by atoms with E-state index in [4.69, 9.17) is 21.7 Å². The van der Waals surface area contributed by atoms with E-state index in [9.17, 15) is 9.59 Å². The summed E-state index contributed by atoms with van der Waals surface area (Å²) in [6, 6.07) is 20.2. The van der Waals surface area contributed by atoms with Crippen molar-refractivity contribution in [2.75, 3.05) is 0 Å². The molecule has 3 aromatic carbocycles. The number of benzene rings is 3. The van der Waals surface area contributed by atoms with Gasteiger partial charge in [0.1, 0.15) is 11.5 Å². The Hall–Kier alpha value is -3.65. The highest BCUT2D eigenvalue weighted by atomic mass is 32.1. The second-order valence-electron chi connectivity index (χ2n) is 7.36. The molecule has 0 fully saturated rings. The molecular weight excluding hydrogens is 426 g/mol. The number of carbonyl (C=O) groups is 2. The lowest BCUT2D eigenvalue weighted by molar-refractivity contribution is -0.127. The van der Waals surface area contributed by atoms with Gasteiger partial charge >= 0.3 is 0 Å². The molecule has 32 heavy (non-hydrogen) atoms. The van der Waals surface area contributed by atoms with Crippen LogP contribution >= 0.6 is 12.2 Å². The van der Waals surface area contributed by atoms with Crippen LogP contribution in [0.15, 0.2) is 66.7 Å². The normalized spacial score (nSPS) is 11.5. The van der Waals surface area contributed by atoms with Gasteiger partial charge in [-0.1, -0.05) is 36.4 Å². The molecule has 166 valence electrons. The molecule has 0 bridgehead atoms. The number of rotatable bonds is 6. The molecule has 0 saturated carbocycles. The van der Waals surface area contributed by atoms with E-state index in [-0.39, 0.29) is 11.2 Å². The highest BCUT2D eigenvalue weighted by molar-refractivity contribution is 7.80. The van der Waals surface area contributed by atoms with Crippen molar-refractivity contribution in [2.45, 2.75) is 33.0 Å². The Morgan fingerprint density at radius 3 is 2.28 bits per heavy atom. The molecule has 2 amide bonds. The van der Waals surface area contributed by atoms with Gasteiger partial charge in [-0.25, -0.2) is 0 Å². The van der Waals surface area contributed by atoms with Gasteiger partial charge in [0.05, 0.1) is 6.10 Å². The number of hydrogen-bond donors (Lipinski definition) is 3. The second kappa shape index (κ2) is 10.6. The van der Waals surface area contributed by atoms with Crippen LogP contribution in [0, 0.1) is 0 Å². The average Bonchev–Trinajstić information content (AvgIpc) is 2.77. The maximum atomic E-state index is 12.4. The van der Waals surface area contributed by atoms with Crippen molar-refractivity contribution in [1.82, 2.24) is 16.2 Å². The van der Waals surface area contributed by atoms with Gasteiger partial charge in [-0.05, 0) is 74.1 Å². The van der Waals surface area contributed by atoms with Crippen LogP contribution in [0.2, 0.25) is 0 Å². The first kappa shape index (κ1) is 23.0. The van der Waals surface area contributed by atoms with Crippen LogP contribution in [0.3, 0.4) is 0 Å². The SMILES string of the molecule is CC(C)Oc1cccc(C(=O)NC(=S)NNC(=O)C(C)Oc2ccc3ccccc3c2)c1. The molecule has 0 aliphatic heterocycles. The van der Waals surface area contributed by atoms with Gasteiger partial charge in [-0.3, -0.25) is 25.8 Å². The molecular formula is C24H25N3O4S. The molecule has 3 rings (SSSR count). The summed E-state index contributed by atoms with van der Waals surface area (Å²) in [4.78, 5) is 24.7. The first-order chi connectivity index (χ1) is 15.3. The molecule has 0 aromatic heterocycles. The lowest BCUT2D eigenvalue weighted by Crippen LogP contribution is -2.51. The van der Waals surface area contributed by atoms with Gasteiger partial charge in [0.25, 0.3) is 11.8 Å². The fourth-order valence-corrected chi connectivity index (χ4v) is 3.05. The number of hydrogen-bond acceptors (Lipinski definition) is 5. The molecule has 0 heterocycles. The van der Waals surface area contributed by atoms with Crippen molar-refractivity contribution in [3.8, 4) is 11.5 Å². The zero-order chi connectivity index (χ0) is 23.1. The molecule has 0 aliphatic rings. The van der Waals surface area contributed by atoms with Crippen LogP contribution in [0.4, 0.5) is 0 Å². The minimum absolute atomic E-state index is 0.00918. The highest BCUT2D eigenvalue weighted by Gasteiger charge is 2.16. The van der Waals surface area contributed by atoms with E-state index < -0.39 is 17.9 Å². The van der Waals surface area contributed by atoms with Crippen LogP contribution in [0.1, 0.15) is 31.1 Å². The third-order valence-electron chi connectivity index (χ3n) is 4.40. The van der Waals surface area contributed by atoms with Gasteiger partial charge in [-0.2, -0.15) is 0 Å². The van der Waals surface area contributed by atoms with Crippen molar-refractivity contribution >= 4 is 39.9 Å². The summed E-state index contributed by atoms with van der Waals surface area (Å²) in [5, 5.41) is 4.57. The minimum Gasteiger partial charge on any atom is -0.491 e. The smallest absolute Gasteiger partial charge is 0.279 e. The van der Waals surface area contributed by atoms with E-state index in [1.54, 1.807) is 31.2 Å². The van der Waals surface area contributed by atoms with Crippen LogP contribution in [0.25, 0.3) is 10.8 Å². The highest BCUT2D eigenvalue weighted by Crippen LogP contribution is 2.21. The van der Waals surface area contributed by atoms with Crippen LogP contribution in [-0.2, 0) is 4.79 Å². The van der Waals surface area contributed by atoms with Crippen LogP contribution in [0.5, 0.6) is 11.5 Å². The number of amides is 2. The zero-order valence-corrected chi connectivity index (χ0v) is 18.9. The summed E-state index contributed by atoms with van der Waals surface area (Å²) < 4.78 is 11.3. The van der Waals surface area contributed by atoms with E-state index in [0.29, 0.717) is 17.1 Å². The summed E-state index contributed by atoms with van der Waals surface area (Å²) in [6.45, 7) is 5.42. The lowest BCUT2D eigenvalue weighted by atomic mass is 10.1. The summed E-state index contributed by atoms with van der Waals surface area (Å²) in [6.07, 6.45) is -0.794. The number of carbonyl (C=O) groups excluding carboxylic acids is 2. The fourth-order valence-electron chi connectivity index (χ4n) is 2.91. The largest absolute Gasteiger partial charge is 0.491 e. The third kappa shape index (κ3) is 6.42. The molecule has 0 radical (unpaired) electrons. The molecule has 0 spiro atoms. The topological polar surface area (TPSA) is 88.7 Å². The second-order valence-corrected chi connectivity index (χ2v) is 7.77. The van der Waals surface area contributed by atoms with Gasteiger partial charge in [0, 0.05) is 5.56 Å². The third-order valence-corrected chi connectivity index (χ3v) is 4.60. The van der Waals surface area contributed by atoms with Crippen LogP contribution < -0.4 is 25.6 Å². The average molecular weight is 452 g/mol. The van der Waals surface area contributed by atoms with Crippen molar-refractivity contribution < 1.29 is 19.1 Å². The predicted molar refractivity (Wildman–Crippen MR) is 128 cm³/mol. The number of ether oxygens (including phenoxy) is 2. The zero-order valence-electron chi connectivity index (χ0n) is 18.0. The van der Waals surface area contributed by atoms with Crippen molar-refractivity contribution in [3.05, 3.63) is 72.3 Å². The standard InChI is InChI=1S/C24H25N3O4S/c1-15(2)30-20-10-6-9-19(14-20)23(29)25-24(32)27-26-22(28)16(3)31-21-12-11-17-7-4-5-8-18(17)13-21/h4-16H,1-3H3,(H,26,28)(H2,25,27,29,32). The van der Waals surface area contributed by atoms with Crippen molar-refractivity contribution in [3.63, 3.8) is 0 Å². The Bertz CT molecular complexity index is 1130. The van der Waals surface area contributed by atoms with Gasteiger partial charge < -0.3 is 9.47 Å². The molecule has 1 atom stereocenters. The number of thiocarbonyl (C=S) groups is 1. The number of nitrogens with one attached hydrogen (secondary N) is 3. The van der Waals surface area contributed by atoms with Gasteiger partial charge in [-0.15, -0.1) is 0 Å². The van der Waals surface area contributed by atoms with E-state index in [1.165, 1.54) is 0 Å². The Morgan fingerprint density at radius 1 is 0.812 bits per heavy atom. The summed E-state index contributed by atoms with van der Waals surface area (Å²) in [5.41, 5.74) is 5.34. The molecule has 8 heteroatoms. The first-order valence-electron chi connectivity index (χ1n) is 10.1. The number of fused-ring (bicyclic) bond motifs is 1. The molecule has 0 aliphatic carbocycles. The lowest BCUT2D eigenvalue weighted by Gasteiger charge is -2.16. The summed E-state index contributed by atoms with van der Waals surface area (Å²) in [5.74, 6) is 0.290.